The molecule has 1 heterocycles. The molecule has 1 aromatic heterocycles. The summed E-state index contributed by atoms with van der Waals surface area (Å²) in [5, 5.41) is 4.20. The molecule has 1 N–H and O–H groups in total. The van der Waals surface area contributed by atoms with Crippen molar-refractivity contribution in [1.82, 2.24) is 9.55 Å². The summed E-state index contributed by atoms with van der Waals surface area (Å²) < 4.78 is 6.88. The van der Waals surface area contributed by atoms with Crippen LogP contribution in [0, 0.1) is 0 Å². The van der Waals surface area contributed by atoms with E-state index in [0.29, 0.717) is 33.1 Å². The number of para-hydroxylation sites is 1. The Balaban J connectivity index is 1.47. The van der Waals surface area contributed by atoms with Crippen molar-refractivity contribution in [3.05, 3.63) is 94.3 Å². The van der Waals surface area contributed by atoms with Gasteiger partial charge in [-0.25, -0.2) is 4.98 Å². The monoisotopic (exact) mass is 459 g/mol. The molecule has 1 amide bonds. The van der Waals surface area contributed by atoms with Gasteiger partial charge in [0.1, 0.15) is 5.75 Å². The number of benzene rings is 3. The zero-order chi connectivity index (χ0) is 23.4. The number of amides is 1. The summed E-state index contributed by atoms with van der Waals surface area (Å²) >= 11 is 1.52. The number of hydrogen-bond acceptors (Lipinski definition) is 5. The van der Waals surface area contributed by atoms with Gasteiger partial charge in [0.2, 0.25) is 0 Å². The number of nitrogens with zero attached hydrogens (tertiary/aromatic N) is 2. The van der Waals surface area contributed by atoms with Gasteiger partial charge < -0.3 is 10.1 Å². The second-order valence-corrected chi connectivity index (χ2v) is 8.79. The van der Waals surface area contributed by atoms with Gasteiger partial charge in [-0.15, -0.1) is 0 Å². The van der Waals surface area contributed by atoms with Gasteiger partial charge >= 0.3 is 0 Å². The van der Waals surface area contributed by atoms with E-state index in [2.05, 4.69) is 5.32 Å². The van der Waals surface area contributed by atoms with Crippen molar-refractivity contribution in [2.24, 2.45) is 0 Å². The summed E-state index contributed by atoms with van der Waals surface area (Å²) in [6.07, 6.45) is 0. The molecule has 168 valence electrons. The highest BCUT2D eigenvalue weighted by Gasteiger charge is 2.14. The molecule has 0 aliphatic carbocycles. The van der Waals surface area contributed by atoms with Gasteiger partial charge in [0.25, 0.3) is 11.5 Å². The van der Waals surface area contributed by atoms with Crippen molar-refractivity contribution < 1.29 is 9.53 Å². The molecule has 0 aliphatic heterocycles. The minimum atomic E-state index is -0.177. The Labute approximate surface area is 196 Å². The Kier molecular flexibility index (Phi) is 6.79. The Morgan fingerprint density at radius 3 is 2.39 bits per heavy atom. The third-order valence-corrected chi connectivity index (χ3v) is 6.25. The van der Waals surface area contributed by atoms with E-state index in [4.69, 9.17) is 9.72 Å². The van der Waals surface area contributed by atoms with Crippen molar-refractivity contribution >= 4 is 34.3 Å². The maximum atomic E-state index is 13.0. The van der Waals surface area contributed by atoms with Crippen LogP contribution in [0.1, 0.15) is 35.8 Å². The Bertz CT molecular complexity index is 1330. The molecule has 0 saturated heterocycles. The number of thioether (sulfide) groups is 1. The largest absolute Gasteiger partial charge is 0.497 e. The first kappa shape index (κ1) is 22.6. The van der Waals surface area contributed by atoms with Crippen LogP contribution in [-0.2, 0) is 5.75 Å². The number of carbonyl (C=O) groups is 1. The third kappa shape index (κ3) is 5.09. The minimum Gasteiger partial charge on any atom is -0.497 e. The standard InChI is InChI=1S/C26H25N3O3S/c1-17(2)29-25(31)22-6-4-5-7-23(22)28-26(29)33-16-18-8-10-19(11-9-18)24(30)27-20-12-14-21(32-3)15-13-20/h4-15,17H,16H2,1-3H3,(H,27,30). The first-order chi connectivity index (χ1) is 16.0. The molecule has 3 aromatic carbocycles. The van der Waals surface area contributed by atoms with Crippen molar-refractivity contribution in [3.63, 3.8) is 0 Å². The number of ether oxygens (including phenoxy) is 1. The quantitative estimate of drug-likeness (QED) is 0.291. The van der Waals surface area contributed by atoms with Crippen LogP contribution >= 0.6 is 11.8 Å². The van der Waals surface area contributed by atoms with Crippen LogP contribution in [-0.4, -0.2) is 22.6 Å². The number of fused-ring (bicyclic) bond motifs is 1. The van der Waals surface area contributed by atoms with Gasteiger partial charge in [-0.2, -0.15) is 0 Å². The van der Waals surface area contributed by atoms with Crippen LogP contribution in [0.15, 0.2) is 82.7 Å². The molecular formula is C26H25N3O3S. The van der Waals surface area contributed by atoms with Crippen LogP contribution in [0.4, 0.5) is 5.69 Å². The lowest BCUT2D eigenvalue weighted by Gasteiger charge is -2.16. The molecule has 0 unspecified atom stereocenters. The lowest BCUT2D eigenvalue weighted by Crippen LogP contribution is -2.25. The molecule has 4 aromatic rings. The Hall–Kier alpha value is -3.58. The van der Waals surface area contributed by atoms with Gasteiger partial charge in [-0.05, 0) is 67.9 Å². The van der Waals surface area contributed by atoms with E-state index in [9.17, 15) is 9.59 Å². The Morgan fingerprint density at radius 1 is 1.03 bits per heavy atom. The first-order valence-corrected chi connectivity index (χ1v) is 11.6. The fourth-order valence-electron chi connectivity index (χ4n) is 3.46. The zero-order valence-corrected chi connectivity index (χ0v) is 19.6. The summed E-state index contributed by atoms with van der Waals surface area (Å²) in [6.45, 7) is 3.97. The molecule has 0 radical (unpaired) electrons. The van der Waals surface area contributed by atoms with E-state index >= 15 is 0 Å². The summed E-state index contributed by atoms with van der Waals surface area (Å²) in [4.78, 5) is 30.2. The summed E-state index contributed by atoms with van der Waals surface area (Å²) in [7, 11) is 1.60. The topological polar surface area (TPSA) is 73.2 Å². The number of hydrogen-bond donors (Lipinski definition) is 1. The molecule has 6 nitrogen and oxygen atoms in total. The molecular weight excluding hydrogens is 434 g/mol. The second-order valence-electron chi connectivity index (χ2n) is 7.85. The van der Waals surface area contributed by atoms with Gasteiger partial charge in [0, 0.05) is 23.0 Å². The van der Waals surface area contributed by atoms with Crippen LogP contribution in [0.5, 0.6) is 5.75 Å². The molecule has 0 saturated carbocycles. The van der Waals surface area contributed by atoms with Crippen LogP contribution in [0.2, 0.25) is 0 Å². The molecule has 0 spiro atoms. The molecule has 4 rings (SSSR count). The van der Waals surface area contributed by atoms with E-state index in [1.807, 2.05) is 50.2 Å². The highest BCUT2D eigenvalue weighted by molar-refractivity contribution is 7.98. The van der Waals surface area contributed by atoms with Crippen molar-refractivity contribution in [2.75, 3.05) is 12.4 Å². The fourth-order valence-corrected chi connectivity index (χ4v) is 4.54. The summed E-state index contributed by atoms with van der Waals surface area (Å²) in [5.41, 5.74) is 2.99. The smallest absolute Gasteiger partial charge is 0.262 e. The second kappa shape index (κ2) is 9.92. The van der Waals surface area contributed by atoms with E-state index in [1.165, 1.54) is 11.8 Å². The molecule has 0 atom stereocenters. The lowest BCUT2D eigenvalue weighted by molar-refractivity contribution is 0.102. The van der Waals surface area contributed by atoms with Crippen LogP contribution in [0.3, 0.4) is 0 Å². The van der Waals surface area contributed by atoms with Gasteiger partial charge in [0.15, 0.2) is 5.16 Å². The highest BCUT2D eigenvalue weighted by atomic mass is 32.2. The maximum absolute atomic E-state index is 13.0. The predicted octanol–water partition coefficient (Wildman–Crippen LogP) is 5.53. The van der Waals surface area contributed by atoms with E-state index < -0.39 is 0 Å². The Morgan fingerprint density at radius 2 is 1.73 bits per heavy atom. The summed E-state index contributed by atoms with van der Waals surface area (Å²) in [5.74, 6) is 1.19. The number of nitrogens with one attached hydrogen (secondary N) is 1. The predicted molar refractivity (Wildman–Crippen MR) is 133 cm³/mol. The molecule has 7 heteroatoms. The van der Waals surface area contributed by atoms with E-state index in [-0.39, 0.29) is 17.5 Å². The number of anilines is 1. The van der Waals surface area contributed by atoms with Crippen molar-refractivity contribution in [1.29, 1.82) is 0 Å². The van der Waals surface area contributed by atoms with Crippen LogP contribution < -0.4 is 15.6 Å². The van der Waals surface area contributed by atoms with Gasteiger partial charge in [0.05, 0.1) is 18.0 Å². The van der Waals surface area contributed by atoms with Gasteiger partial charge in [-0.3, -0.25) is 14.2 Å². The minimum absolute atomic E-state index is 0.00105. The first-order valence-electron chi connectivity index (χ1n) is 10.6. The molecule has 0 aliphatic rings. The number of carbonyl (C=O) groups excluding carboxylic acids is 1. The van der Waals surface area contributed by atoms with Crippen LogP contribution in [0.25, 0.3) is 10.9 Å². The molecule has 0 fully saturated rings. The molecule has 0 bridgehead atoms. The lowest BCUT2D eigenvalue weighted by atomic mass is 10.1. The van der Waals surface area contributed by atoms with Crippen molar-refractivity contribution in [3.8, 4) is 5.75 Å². The SMILES string of the molecule is COc1ccc(NC(=O)c2ccc(CSc3nc4ccccc4c(=O)n3C(C)C)cc2)cc1. The fraction of sp³-hybridized carbons (Fsp3) is 0.192. The van der Waals surface area contributed by atoms with Crippen molar-refractivity contribution in [2.45, 2.75) is 30.8 Å². The summed E-state index contributed by atoms with van der Waals surface area (Å²) in [6, 6.07) is 22.1. The van der Waals surface area contributed by atoms with Gasteiger partial charge in [-0.1, -0.05) is 36.0 Å². The number of methoxy groups -OCH3 is 1. The maximum Gasteiger partial charge on any atom is 0.262 e. The number of aromatic nitrogens is 2. The number of rotatable bonds is 7. The normalized spacial score (nSPS) is 11.0. The van der Waals surface area contributed by atoms with E-state index in [1.54, 1.807) is 48.1 Å². The van der Waals surface area contributed by atoms with E-state index in [0.717, 1.165) is 11.3 Å². The average molecular weight is 460 g/mol. The highest BCUT2D eigenvalue weighted by Crippen LogP contribution is 2.25. The molecule has 33 heavy (non-hydrogen) atoms. The average Bonchev–Trinajstić information content (AvgIpc) is 2.83. The zero-order valence-electron chi connectivity index (χ0n) is 18.7. The third-order valence-electron chi connectivity index (χ3n) is 5.22.